The van der Waals surface area contributed by atoms with Crippen LogP contribution in [0.15, 0.2) is 11.4 Å². The molecular formula is C8H10N2O3S. The first-order valence-corrected chi connectivity index (χ1v) is 4.77. The summed E-state index contributed by atoms with van der Waals surface area (Å²) in [5, 5.41) is 14.8. The zero-order valence-corrected chi connectivity index (χ0v) is 8.35. The van der Waals surface area contributed by atoms with Crippen molar-refractivity contribution >= 4 is 23.3 Å². The minimum absolute atomic E-state index is 0.164. The number of thiophene rings is 1. The molecular weight excluding hydrogens is 204 g/mol. The lowest BCUT2D eigenvalue weighted by molar-refractivity contribution is 0.0963. The van der Waals surface area contributed by atoms with Gasteiger partial charge in [-0.05, 0) is 6.07 Å². The molecule has 2 amide bonds. The molecule has 0 aliphatic heterocycles. The SMILES string of the molecule is CNC(=O)c1csc(CNC(=O)O)c1. The third kappa shape index (κ3) is 2.74. The van der Waals surface area contributed by atoms with Gasteiger partial charge in [-0.25, -0.2) is 4.79 Å². The maximum atomic E-state index is 11.1. The first-order chi connectivity index (χ1) is 6.63. The Balaban J connectivity index is 2.59. The Hall–Kier alpha value is -1.56. The minimum atomic E-state index is -1.07. The number of rotatable bonds is 3. The number of hydrogen-bond acceptors (Lipinski definition) is 3. The molecule has 0 fully saturated rings. The van der Waals surface area contributed by atoms with Crippen molar-refractivity contribution < 1.29 is 14.7 Å². The first-order valence-electron chi connectivity index (χ1n) is 3.89. The van der Waals surface area contributed by atoms with Crippen molar-refractivity contribution in [2.24, 2.45) is 0 Å². The summed E-state index contributed by atoms with van der Waals surface area (Å²) in [5.41, 5.74) is 0.555. The van der Waals surface area contributed by atoms with Crippen molar-refractivity contribution in [2.75, 3.05) is 7.05 Å². The van der Waals surface area contributed by atoms with Crippen LogP contribution in [-0.2, 0) is 6.54 Å². The van der Waals surface area contributed by atoms with Gasteiger partial charge in [-0.2, -0.15) is 0 Å². The highest BCUT2D eigenvalue weighted by Crippen LogP contribution is 2.14. The monoisotopic (exact) mass is 214 g/mol. The van der Waals surface area contributed by atoms with E-state index >= 15 is 0 Å². The maximum Gasteiger partial charge on any atom is 0.404 e. The molecule has 0 spiro atoms. The van der Waals surface area contributed by atoms with Gasteiger partial charge in [-0.3, -0.25) is 4.79 Å². The van der Waals surface area contributed by atoms with Crippen LogP contribution < -0.4 is 10.6 Å². The molecule has 0 saturated heterocycles. The van der Waals surface area contributed by atoms with Crippen LogP contribution in [0.2, 0.25) is 0 Å². The van der Waals surface area contributed by atoms with E-state index in [9.17, 15) is 9.59 Å². The second-order valence-corrected chi connectivity index (χ2v) is 3.54. The van der Waals surface area contributed by atoms with Crippen LogP contribution in [0.3, 0.4) is 0 Å². The van der Waals surface area contributed by atoms with E-state index in [-0.39, 0.29) is 12.5 Å². The average molecular weight is 214 g/mol. The molecule has 6 heteroatoms. The Kier molecular flexibility index (Phi) is 3.47. The molecule has 0 saturated carbocycles. The molecule has 1 heterocycles. The van der Waals surface area contributed by atoms with Gasteiger partial charge in [0.1, 0.15) is 0 Å². The molecule has 14 heavy (non-hydrogen) atoms. The Morgan fingerprint density at radius 1 is 1.57 bits per heavy atom. The van der Waals surface area contributed by atoms with Gasteiger partial charge in [0.2, 0.25) is 0 Å². The quantitative estimate of drug-likeness (QED) is 0.698. The Morgan fingerprint density at radius 3 is 2.86 bits per heavy atom. The van der Waals surface area contributed by atoms with E-state index in [1.54, 1.807) is 18.5 Å². The van der Waals surface area contributed by atoms with Gasteiger partial charge in [-0.15, -0.1) is 11.3 Å². The summed E-state index contributed by atoms with van der Waals surface area (Å²) >= 11 is 1.35. The average Bonchev–Trinajstić information content (AvgIpc) is 2.62. The van der Waals surface area contributed by atoms with Crippen LogP contribution in [0.1, 0.15) is 15.2 Å². The summed E-state index contributed by atoms with van der Waals surface area (Å²) < 4.78 is 0. The molecule has 3 N–H and O–H groups in total. The van der Waals surface area contributed by atoms with E-state index in [2.05, 4.69) is 10.6 Å². The van der Waals surface area contributed by atoms with Crippen LogP contribution in [0, 0.1) is 0 Å². The number of hydrogen-bond donors (Lipinski definition) is 3. The second kappa shape index (κ2) is 4.61. The van der Waals surface area contributed by atoms with E-state index in [4.69, 9.17) is 5.11 Å². The van der Waals surface area contributed by atoms with Crippen molar-refractivity contribution in [3.8, 4) is 0 Å². The van der Waals surface area contributed by atoms with Crippen LogP contribution in [0.4, 0.5) is 4.79 Å². The third-order valence-electron chi connectivity index (χ3n) is 1.56. The number of amides is 2. The maximum absolute atomic E-state index is 11.1. The topological polar surface area (TPSA) is 78.4 Å². The summed E-state index contributed by atoms with van der Waals surface area (Å²) in [7, 11) is 1.55. The smallest absolute Gasteiger partial charge is 0.404 e. The lowest BCUT2D eigenvalue weighted by Crippen LogP contribution is -2.19. The predicted molar refractivity (Wildman–Crippen MR) is 52.6 cm³/mol. The number of nitrogens with one attached hydrogen (secondary N) is 2. The van der Waals surface area contributed by atoms with Crippen LogP contribution >= 0.6 is 11.3 Å². The van der Waals surface area contributed by atoms with Gasteiger partial charge in [0, 0.05) is 17.3 Å². The van der Waals surface area contributed by atoms with Gasteiger partial charge in [0.15, 0.2) is 0 Å². The molecule has 0 aliphatic rings. The largest absolute Gasteiger partial charge is 0.465 e. The highest BCUT2D eigenvalue weighted by Gasteiger charge is 2.06. The van der Waals surface area contributed by atoms with Gasteiger partial charge >= 0.3 is 6.09 Å². The van der Waals surface area contributed by atoms with Crippen molar-refractivity contribution in [1.82, 2.24) is 10.6 Å². The molecule has 0 atom stereocenters. The lowest BCUT2D eigenvalue weighted by Gasteiger charge is -1.95. The van der Waals surface area contributed by atoms with Crippen molar-refractivity contribution in [1.29, 1.82) is 0 Å². The van der Waals surface area contributed by atoms with Crippen LogP contribution in [-0.4, -0.2) is 24.2 Å². The Bertz CT molecular complexity index is 348. The molecule has 1 rings (SSSR count). The minimum Gasteiger partial charge on any atom is -0.465 e. The fourth-order valence-electron chi connectivity index (χ4n) is 0.899. The van der Waals surface area contributed by atoms with Crippen molar-refractivity contribution in [2.45, 2.75) is 6.54 Å². The lowest BCUT2D eigenvalue weighted by atomic mass is 10.3. The Labute approximate surface area is 84.7 Å². The molecule has 0 bridgehead atoms. The molecule has 76 valence electrons. The fourth-order valence-corrected chi connectivity index (χ4v) is 1.70. The van der Waals surface area contributed by atoms with E-state index in [0.717, 1.165) is 4.88 Å². The molecule has 0 radical (unpaired) electrons. The van der Waals surface area contributed by atoms with Gasteiger partial charge in [-0.1, -0.05) is 0 Å². The molecule has 0 aromatic carbocycles. The van der Waals surface area contributed by atoms with E-state index < -0.39 is 6.09 Å². The number of carbonyl (C=O) groups is 2. The standard InChI is InChI=1S/C8H10N2O3S/c1-9-7(11)5-2-6(14-4-5)3-10-8(12)13/h2,4,10H,3H2,1H3,(H,9,11)(H,12,13). The molecule has 0 aliphatic carbocycles. The first kappa shape index (κ1) is 10.5. The highest BCUT2D eigenvalue weighted by atomic mass is 32.1. The zero-order valence-electron chi connectivity index (χ0n) is 7.53. The summed E-state index contributed by atoms with van der Waals surface area (Å²) in [6, 6.07) is 1.67. The van der Waals surface area contributed by atoms with E-state index in [0.29, 0.717) is 5.56 Å². The predicted octanol–water partition coefficient (Wildman–Crippen LogP) is 0.875. The summed E-state index contributed by atoms with van der Waals surface area (Å²) in [6.45, 7) is 0.233. The van der Waals surface area contributed by atoms with E-state index in [1.165, 1.54) is 11.3 Å². The van der Waals surface area contributed by atoms with Crippen molar-refractivity contribution in [3.05, 3.63) is 21.9 Å². The van der Waals surface area contributed by atoms with Gasteiger partial charge in [0.25, 0.3) is 5.91 Å². The molecule has 1 aromatic rings. The van der Waals surface area contributed by atoms with Gasteiger partial charge < -0.3 is 15.7 Å². The summed E-state index contributed by atoms with van der Waals surface area (Å²) in [4.78, 5) is 22.1. The molecule has 5 nitrogen and oxygen atoms in total. The molecule has 0 unspecified atom stereocenters. The zero-order chi connectivity index (χ0) is 10.6. The summed E-state index contributed by atoms with van der Waals surface area (Å²) in [5.74, 6) is -0.164. The second-order valence-electron chi connectivity index (χ2n) is 2.54. The normalized spacial score (nSPS) is 9.50. The third-order valence-corrected chi connectivity index (χ3v) is 2.49. The van der Waals surface area contributed by atoms with Gasteiger partial charge in [0.05, 0.1) is 12.1 Å². The van der Waals surface area contributed by atoms with Crippen LogP contribution in [0.25, 0.3) is 0 Å². The van der Waals surface area contributed by atoms with Crippen molar-refractivity contribution in [3.63, 3.8) is 0 Å². The number of carbonyl (C=O) groups excluding carboxylic acids is 1. The summed E-state index contributed by atoms with van der Waals surface area (Å²) in [6.07, 6.45) is -1.07. The van der Waals surface area contributed by atoms with Crippen LogP contribution in [0.5, 0.6) is 0 Å². The molecule has 1 aromatic heterocycles. The fraction of sp³-hybridized carbons (Fsp3) is 0.250. The Morgan fingerprint density at radius 2 is 2.29 bits per heavy atom. The highest BCUT2D eigenvalue weighted by molar-refractivity contribution is 7.10. The van der Waals surface area contributed by atoms with E-state index in [1.807, 2.05) is 0 Å². The number of carboxylic acid groups (broad SMARTS) is 1.